The number of benzene rings is 2. The summed E-state index contributed by atoms with van der Waals surface area (Å²) in [4.78, 5) is 24.2. The van der Waals surface area contributed by atoms with Crippen LogP contribution in [0.5, 0.6) is 5.75 Å². The molecule has 0 fully saturated rings. The highest BCUT2D eigenvalue weighted by molar-refractivity contribution is 5.89. The second-order valence-electron chi connectivity index (χ2n) is 9.51. The van der Waals surface area contributed by atoms with Crippen molar-refractivity contribution in [2.75, 3.05) is 0 Å². The molecule has 1 atom stereocenters. The van der Waals surface area contributed by atoms with E-state index in [1.54, 1.807) is 28.9 Å². The van der Waals surface area contributed by atoms with Crippen LogP contribution in [0, 0.1) is 6.92 Å². The van der Waals surface area contributed by atoms with E-state index in [4.69, 9.17) is 9.47 Å². The molecule has 3 aromatic rings. The van der Waals surface area contributed by atoms with Crippen molar-refractivity contribution in [3.8, 4) is 5.75 Å². The van der Waals surface area contributed by atoms with Crippen molar-refractivity contribution in [3.05, 3.63) is 77.1 Å². The van der Waals surface area contributed by atoms with E-state index in [1.807, 2.05) is 13.1 Å². The number of ether oxygens (including phenoxy) is 2. The number of aromatic nitrogens is 3. The summed E-state index contributed by atoms with van der Waals surface area (Å²) in [6.07, 6.45) is 6.18. The summed E-state index contributed by atoms with van der Waals surface area (Å²) in [6.45, 7) is 7.71. The minimum Gasteiger partial charge on any atom is -0.478 e. The number of hydrogen-bond acceptors (Lipinski definition) is 6. The SMILES string of the molecule is CCCCCCC(OC(=O)c1ccc(OC(C)(C)C(=O)O)cc1)c1cn(Cc2ccc(C)cc2)nn1. The maximum absolute atomic E-state index is 12.9. The van der Waals surface area contributed by atoms with Crippen LogP contribution in [0.4, 0.5) is 0 Å². The van der Waals surface area contributed by atoms with Crippen LogP contribution in [0.25, 0.3) is 0 Å². The number of aryl methyl sites for hydroxylation is 1. The molecular formula is C28H35N3O5. The van der Waals surface area contributed by atoms with Gasteiger partial charge in [-0.3, -0.25) is 0 Å². The Bertz CT molecular complexity index is 1140. The molecule has 3 rings (SSSR count). The minimum atomic E-state index is -1.38. The number of unbranched alkanes of at least 4 members (excludes halogenated alkanes) is 3. The average molecular weight is 494 g/mol. The average Bonchev–Trinajstić information content (AvgIpc) is 3.31. The Balaban J connectivity index is 1.70. The van der Waals surface area contributed by atoms with Gasteiger partial charge in [0.15, 0.2) is 5.60 Å². The number of carbonyl (C=O) groups is 2. The van der Waals surface area contributed by atoms with Crippen molar-refractivity contribution >= 4 is 11.9 Å². The van der Waals surface area contributed by atoms with Crippen LogP contribution in [0.3, 0.4) is 0 Å². The Morgan fingerprint density at radius 1 is 1.03 bits per heavy atom. The molecule has 0 bridgehead atoms. The summed E-state index contributed by atoms with van der Waals surface area (Å²) in [5.41, 5.74) is 1.90. The second kappa shape index (κ2) is 12.3. The van der Waals surface area contributed by atoms with Gasteiger partial charge in [0, 0.05) is 0 Å². The van der Waals surface area contributed by atoms with Crippen molar-refractivity contribution in [1.29, 1.82) is 0 Å². The monoisotopic (exact) mass is 493 g/mol. The van der Waals surface area contributed by atoms with Crippen LogP contribution in [-0.2, 0) is 16.1 Å². The fourth-order valence-corrected chi connectivity index (χ4v) is 3.64. The molecule has 8 nitrogen and oxygen atoms in total. The van der Waals surface area contributed by atoms with E-state index in [-0.39, 0.29) is 0 Å². The Labute approximate surface area is 212 Å². The molecule has 1 N–H and O–H groups in total. The Hall–Kier alpha value is -3.68. The van der Waals surface area contributed by atoms with E-state index in [2.05, 4.69) is 41.5 Å². The quantitative estimate of drug-likeness (QED) is 0.239. The number of rotatable bonds is 13. The summed E-state index contributed by atoms with van der Waals surface area (Å²) >= 11 is 0. The van der Waals surface area contributed by atoms with Crippen molar-refractivity contribution in [1.82, 2.24) is 15.0 Å². The van der Waals surface area contributed by atoms with E-state index in [1.165, 1.54) is 19.4 Å². The van der Waals surface area contributed by atoms with Gasteiger partial charge in [-0.2, -0.15) is 0 Å². The van der Waals surface area contributed by atoms with Crippen molar-refractivity contribution < 1.29 is 24.2 Å². The van der Waals surface area contributed by atoms with Crippen LogP contribution in [0.1, 0.15) is 86.2 Å². The number of carboxylic acid groups (broad SMARTS) is 1. The van der Waals surface area contributed by atoms with E-state index in [9.17, 15) is 14.7 Å². The third-order valence-corrected chi connectivity index (χ3v) is 5.90. The number of nitrogens with zero attached hydrogens (tertiary/aromatic N) is 3. The molecule has 0 aliphatic carbocycles. The fraction of sp³-hybridized carbons (Fsp3) is 0.429. The van der Waals surface area contributed by atoms with Crippen LogP contribution >= 0.6 is 0 Å². The van der Waals surface area contributed by atoms with Gasteiger partial charge < -0.3 is 14.6 Å². The van der Waals surface area contributed by atoms with Gasteiger partial charge in [0.2, 0.25) is 0 Å². The highest BCUT2D eigenvalue weighted by Gasteiger charge is 2.29. The van der Waals surface area contributed by atoms with Crippen molar-refractivity contribution in [3.63, 3.8) is 0 Å². The maximum Gasteiger partial charge on any atom is 0.347 e. The Kier molecular flexibility index (Phi) is 9.22. The van der Waals surface area contributed by atoms with Crippen LogP contribution < -0.4 is 4.74 Å². The third kappa shape index (κ3) is 7.66. The molecule has 0 aliphatic heterocycles. The maximum atomic E-state index is 12.9. The number of carbonyl (C=O) groups excluding carboxylic acids is 1. The van der Waals surface area contributed by atoms with Gasteiger partial charge in [-0.15, -0.1) is 5.10 Å². The zero-order valence-electron chi connectivity index (χ0n) is 21.4. The minimum absolute atomic E-state index is 0.348. The molecule has 36 heavy (non-hydrogen) atoms. The third-order valence-electron chi connectivity index (χ3n) is 5.90. The predicted octanol–water partition coefficient (Wildman–Crippen LogP) is 5.75. The summed E-state index contributed by atoms with van der Waals surface area (Å²) in [5.74, 6) is -1.20. The molecule has 1 heterocycles. The first-order valence-electron chi connectivity index (χ1n) is 12.4. The smallest absolute Gasteiger partial charge is 0.347 e. The van der Waals surface area contributed by atoms with Gasteiger partial charge in [-0.05, 0) is 63.4 Å². The lowest BCUT2D eigenvalue weighted by Gasteiger charge is -2.21. The highest BCUT2D eigenvalue weighted by Crippen LogP contribution is 2.25. The number of carboxylic acids is 1. The Morgan fingerprint density at radius 3 is 2.36 bits per heavy atom. The lowest BCUT2D eigenvalue weighted by Crippen LogP contribution is -2.37. The molecule has 1 unspecified atom stereocenters. The first-order chi connectivity index (χ1) is 17.2. The van der Waals surface area contributed by atoms with Gasteiger partial charge >= 0.3 is 11.9 Å². The van der Waals surface area contributed by atoms with Crippen LogP contribution in [-0.4, -0.2) is 37.6 Å². The standard InChI is InChI=1S/C28H35N3O5/c1-5-6-7-8-9-25(24-19-31(30-29-24)18-21-12-10-20(2)11-13-21)35-26(32)22-14-16-23(17-15-22)36-28(3,4)27(33)34/h10-17,19,25H,5-9,18H2,1-4H3,(H,33,34). The van der Waals surface area contributed by atoms with E-state index in [0.29, 0.717) is 30.0 Å². The zero-order valence-corrected chi connectivity index (χ0v) is 21.4. The molecule has 0 spiro atoms. The summed E-state index contributed by atoms with van der Waals surface area (Å²) in [7, 11) is 0. The van der Waals surface area contributed by atoms with Crippen LogP contribution in [0.2, 0.25) is 0 Å². The summed E-state index contributed by atoms with van der Waals surface area (Å²) < 4.78 is 13.1. The number of aliphatic carboxylic acids is 1. The molecule has 1 aromatic heterocycles. The molecule has 0 saturated carbocycles. The topological polar surface area (TPSA) is 104 Å². The molecular weight excluding hydrogens is 458 g/mol. The molecule has 8 heteroatoms. The predicted molar refractivity (Wildman–Crippen MR) is 136 cm³/mol. The summed E-state index contributed by atoms with van der Waals surface area (Å²) in [5, 5.41) is 17.8. The van der Waals surface area contributed by atoms with Crippen molar-refractivity contribution in [2.45, 2.75) is 78.0 Å². The number of hydrogen-bond donors (Lipinski definition) is 1. The lowest BCUT2D eigenvalue weighted by molar-refractivity contribution is -0.152. The molecule has 0 aliphatic rings. The van der Waals surface area contributed by atoms with Gasteiger partial charge in [0.05, 0.1) is 18.3 Å². The number of esters is 1. The lowest BCUT2D eigenvalue weighted by atomic mass is 10.1. The van der Waals surface area contributed by atoms with Crippen LogP contribution in [0.15, 0.2) is 54.7 Å². The summed E-state index contributed by atoms with van der Waals surface area (Å²) in [6, 6.07) is 14.5. The van der Waals surface area contributed by atoms with Gasteiger partial charge in [-0.25, -0.2) is 14.3 Å². The zero-order chi connectivity index (χ0) is 26.1. The fourth-order valence-electron chi connectivity index (χ4n) is 3.64. The van der Waals surface area contributed by atoms with Gasteiger partial charge in [-0.1, -0.05) is 61.2 Å². The second-order valence-corrected chi connectivity index (χ2v) is 9.51. The Morgan fingerprint density at radius 2 is 1.72 bits per heavy atom. The molecule has 0 amide bonds. The molecule has 2 aromatic carbocycles. The highest BCUT2D eigenvalue weighted by atomic mass is 16.5. The first-order valence-corrected chi connectivity index (χ1v) is 12.4. The largest absolute Gasteiger partial charge is 0.478 e. The first kappa shape index (κ1) is 26.9. The van der Waals surface area contributed by atoms with Crippen molar-refractivity contribution in [2.24, 2.45) is 0 Å². The van der Waals surface area contributed by atoms with Gasteiger partial charge in [0.25, 0.3) is 0 Å². The van der Waals surface area contributed by atoms with E-state index < -0.39 is 23.6 Å². The van der Waals surface area contributed by atoms with E-state index >= 15 is 0 Å². The van der Waals surface area contributed by atoms with E-state index in [0.717, 1.165) is 31.2 Å². The van der Waals surface area contributed by atoms with Gasteiger partial charge in [0.1, 0.15) is 17.5 Å². The molecule has 0 radical (unpaired) electrons. The molecule has 0 saturated heterocycles. The normalized spacial score (nSPS) is 12.2. The molecule has 192 valence electrons.